The zero-order valence-corrected chi connectivity index (χ0v) is 14.9. The highest BCUT2D eigenvalue weighted by molar-refractivity contribution is 6.00. The molecule has 0 bridgehead atoms. The molecular formula is C19H20FN3O4. The van der Waals surface area contributed by atoms with Gasteiger partial charge in [-0.1, -0.05) is 0 Å². The van der Waals surface area contributed by atoms with E-state index in [0.29, 0.717) is 24.5 Å². The van der Waals surface area contributed by atoms with Gasteiger partial charge in [-0.2, -0.15) is 0 Å². The van der Waals surface area contributed by atoms with Crippen LogP contribution in [0.3, 0.4) is 0 Å². The van der Waals surface area contributed by atoms with Crippen LogP contribution >= 0.6 is 0 Å². The molecule has 2 aromatic rings. The van der Waals surface area contributed by atoms with E-state index >= 15 is 0 Å². The summed E-state index contributed by atoms with van der Waals surface area (Å²) in [5, 5.41) is 13.5. The number of non-ortho nitro benzene ring substituents is 1. The molecule has 1 heterocycles. The summed E-state index contributed by atoms with van der Waals surface area (Å²) in [4.78, 5) is 24.7. The molecule has 0 aromatic heterocycles. The number of halogens is 1. The number of carbonyl (C=O) groups is 1. The van der Waals surface area contributed by atoms with Gasteiger partial charge in [0.15, 0.2) is 0 Å². The van der Waals surface area contributed by atoms with Crippen LogP contribution in [0.1, 0.15) is 23.2 Å². The number of benzene rings is 2. The molecule has 1 saturated heterocycles. The lowest BCUT2D eigenvalue weighted by Gasteiger charge is -2.34. The van der Waals surface area contributed by atoms with Crippen molar-refractivity contribution in [2.24, 2.45) is 0 Å². The number of hydrogen-bond donors (Lipinski definition) is 1. The van der Waals surface area contributed by atoms with Gasteiger partial charge in [0.25, 0.3) is 11.6 Å². The van der Waals surface area contributed by atoms with Crippen molar-refractivity contribution in [3.8, 4) is 5.75 Å². The van der Waals surface area contributed by atoms with E-state index in [-0.39, 0.29) is 29.1 Å². The summed E-state index contributed by atoms with van der Waals surface area (Å²) in [5.41, 5.74) is 0.830. The molecule has 27 heavy (non-hydrogen) atoms. The number of ether oxygens (including phenoxy) is 1. The second kappa shape index (κ2) is 8.03. The third kappa shape index (κ3) is 4.33. The number of rotatable bonds is 5. The molecule has 7 nitrogen and oxygen atoms in total. The fraction of sp³-hybridized carbons (Fsp3) is 0.316. The Kier molecular flexibility index (Phi) is 5.54. The number of nitrogens with one attached hydrogen (secondary N) is 1. The van der Waals surface area contributed by atoms with Crippen molar-refractivity contribution in [2.45, 2.75) is 18.9 Å². The zero-order chi connectivity index (χ0) is 19.4. The lowest BCUT2D eigenvalue weighted by atomic mass is 10.0. The summed E-state index contributed by atoms with van der Waals surface area (Å²) >= 11 is 0. The molecule has 142 valence electrons. The topological polar surface area (TPSA) is 84.7 Å². The molecule has 1 amide bonds. The van der Waals surface area contributed by atoms with E-state index in [4.69, 9.17) is 4.74 Å². The smallest absolute Gasteiger partial charge is 0.270 e. The van der Waals surface area contributed by atoms with Crippen molar-refractivity contribution in [1.29, 1.82) is 0 Å². The highest BCUT2D eigenvalue weighted by atomic mass is 19.1. The molecule has 1 aliphatic rings. The number of hydrogen-bond acceptors (Lipinski definition) is 5. The normalized spacial score (nSPS) is 14.7. The van der Waals surface area contributed by atoms with Crippen LogP contribution in [-0.4, -0.2) is 37.1 Å². The Morgan fingerprint density at radius 1 is 1.22 bits per heavy atom. The van der Waals surface area contributed by atoms with Gasteiger partial charge in [-0.15, -0.1) is 0 Å². The van der Waals surface area contributed by atoms with Crippen molar-refractivity contribution in [1.82, 2.24) is 5.32 Å². The molecule has 0 aliphatic carbocycles. The van der Waals surface area contributed by atoms with Gasteiger partial charge in [-0.25, -0.2) is 4.39 Å². The molecule has 1 aliphatic heterocycles. The van der Waals surface area contributed by atoms with Gasteiger partial charge in [-0.3, -0.25) is 14.9 Å². The summed E-state index contributed by atoms with van der Waals surface area (Å²) in [5.74, 6) is -0.0494. The van der Waals surface area contributed by atoms with E-state index in [9.17, 15) is 19.3 Å². The van der Waals surface area contributed by atoms with E-state index in [2.05, 4.69) is 5.32 Å². The van der Waals surface area contributed by atoms with E-state index < -0.39 is 4.92 Å². The first-order chi connectivity index (χ1) is 13.0. The van der Waals surface area contributed by atoms with Gasteiger partial charge in [0.2, 0.25) is 0 Å². The lowest BCUT2D eigenvalue weighted by molar-refractivity contribution is -0.384. The minimum atomic E-state index is -0.515. The SMILES string of the molecule is CNC(=O)c1cc([N+](=O)[O-])ccc1N1CCC(Oc2ccc(F)cc2)CC1. The van der Waals surface area contributed by atoms with Crippen LogP contribution in [0.15, 0.2) is 42.5 Å². The Morgan fingerprint density at radius 2 is 1.89 bits per heavy atom. The van der Waals surface area contributed by atoms with E-state index in [1.807, 2.05) is 4.90 Å². The van der Waals surface area contributed by atoms with Crippen LogP contribution in [-0.2, 0) is 0 Å². The number of nitro benzene ring substituents is 1. The summed E-state index contributed by atoms with van der Waals surface area (Å²) < 4.78 is 18.9. The van der Waals surface area contributed by atoms with Gasteiger partial charge in [0.05, 0.1) is 16.2 Å². The van der Waals surface area contributed by atoms with Crippen LogP contribution in [0.25, 0.3) is 0 Å². The highest BCUT2D eigenvalue weighted by Gasteiger charge is 2.25. The molecule has 0 spiro atoms. The van der Waals surface area contributed by atoms with Gasteiger partial charge < -0.3 is 15.0 Å². The van der Waals surface area contributed by atoms with Crippen molar-refractivity contribution in [3.63, 3.8) is 0 Å². The second-order valence-electron chi connectivity index (χ2n) is 6.30. The Bertz CT molecular complexity index is 833. The first-order valence-corrected chi connectivity index (χ1v) is 8.65. The molecule has 8 heteroatoms. The minimum Gasteiger partial charge on any atom is -0.490 e. The Morgan fingerprint density at radius 3 is 2.48 bits per heavy atom. The standard InChI is InChI=1S/C19H20FN3O4/c1-21-19(24)17-12-14(23(25)26)4-7-18(17)22-10-8-16(9-11-22)27-15-5-2-13(20)3-6-15/h2-7,12,16H,8-11H2,1H3,(H,21,24). The van der Waals surface area contributed by atoms with E-state index in [0.717, 1.165) is 12.8 Å². The van der Waals surface area contributed by atoms with Crippen LogP contribution in [0.5, 0.6) is 5.75 Å². The molecule has 0 unspecified atom stereocenters. The van der Waals surface area contributed by atoms with Crippen LogP contribution < -0.4 is 15.0 Å². The van der Waals surface area contributed by atoms with Crippen LogP contribution in [0.2, 0.25) is 0 Å². The quantitative estimate of drug-likeness (QED) is 0.643. The monoisotopic (exact) mass is 373 g/mol. The van der Waals surface area contributed by atoms with Crippen molar-refractivity contribution >= 4 is 17.3 Å². The van der Waals surface area contributed by atoms with Crippen molar-refractivity contribution in [2.75, 3.05) is 25.0 Å². The molecule has 0 atom stereocenters. The Labute approximate surface area is 155 Å². The average molecular weight is 373 g/mol. The fourth-order valence-electron chi connectivity index (χ4n) is 3.15. The molecule has 0 saturated carbocycles. The molecule has 1 N–H and O–H groups in total. The Hall–Kier alpha value is -3.16. The van der Waals surface area contributed by atoms with Gasteiger partial charge in [0, 0.05) is 45.1 Å². The number of anilines is 1. The third-order valence-electron chi connectivity index (χ3n) is 4.56. The molecular weight excluding hydrogens is 353 g/mol. The highest BCUT2D eigenvalue weighted by Crippen LogP contribution is 2.29. The largest absolute Gasteiger partial charge is 0.490 e. The van der Waals surface area contributed by atoms with Gasteiger partial charge in [-0.05, 0) is 30.3 Å². The summed E-state index contributed by atoms with van der Waals surface area (Å²) in [6.45, 7) is 1.29. The van der Waals surface area contributed by atoms with Gasteiger partial charge >= 0.3 is 0 Å². The maximum atomic E-state index is 13.0. The molecule has 3 rings (SSSR count). The summed E-state index contributed by atoms with van der Waals surface area (Å²) in [7, 11) is 1.49. The van der Waals surface area contributed by atoms with Crippen molar-refractivity contribution < 1.29 is 18.8 Å². The molecule has 1 fully saturated rings. The summed E-state index contributed by atoms with van der Waals surface area (Å²) in [6.07, 6.45) is 1.44. The number of piperidine rings is 1. The minimum absolute atomic E-state index is 0.00629. The number of carbonyl (C=O) groups excluding carboxylic acids is 1. The predicted octanol–water partition coefficient (Wildman–Crippen LogP) is 3.14. The molecule has 0 radical (unpaired) electrons. The maximum Gasteiger partial charge on any atom is 0.270 e. The Balaban J connectivity index is 1.70. The lowest BCUT2D eigenvalue weighted by Crippen LogP contribution is -2.39. The maximum absolute atomic E-state index is 13.0. The zero-order valence-electron chi connectivity index (χ0n) is 14.9. The average Bonchev–Trinajstić information content (AvgIpc) is 2.69. The fourth-order valence-corrected chi connectivity index (χ4v) is 3.15. The molecule has 2 aromatic carbocycles. The first kappa shape index (κ1) is 18.6. The second-order valence-corrected chi connectivity index (χ2v) is 6.30. The van der Waals surface area contributed by atoms with Crippen molar-refractivity contribution in [3.05, 3.63) is 64.0 Å². The van der Waals surface area contributed by atoms with E-state index in [1.165, 1.54) is 31.3 Å². The predicted molar refractivity (Wildman–Crippen MR) is 98.7 cm³/mol. The first-order valence-electron chi connectivity index (χ1n) is 8.65. The van der Waals surface area contributed by atoms with E-state index in [1.54, 1.807) is 18.2 Å². The van der Waals surface area contributed by atoms with Crippen LogP contribution in [0.4, 0.5) is 15.8 Å². The third-order valence-corrected chi connectivity index (χ3v) is 4.56. The van der Waals surface area contributed by atoms with Gasteiger partial charge in [0.1, 0.15) is 17.7 Å². The summed E-state index contributed by atoms with van der Waals surface area (Å²) in [6, 6.07) is 10.2. The number of amides is 1. The number of nitrogens with zero attached hydrogens (tertiary/aromatic N) is 2. The van der Waals surface area contributed by atoms with Crippen LogP contribution in [0, 0.1) is 15.9 Å². The number of nitro groups is 1.